The molecule has 2 rings (SSSR count). The molecular formula is C14H28IN5O. The van der Waals surface area contributed by atoms with Gasteiger partial charge in [0.25, 0.3) is 0 Å². The number of primary amides is 1. The van der Waals surface area contributed by atoms with Crippen molar-refractivity contribution in [3.8, 4) is 0 Å². The first kappa shape index (κ1) is 18.5. The summed E-state index contributed by atoms with van der Waals surface area (Å²) in [6, 6.07) is 0.578. The fourth-order valence-electron chi connectivity index (χ4n) is 2.62. The van der Waals surface area contributed by atoms with E-state index in [4.69, 9.17) is 5.73 Å². The molecule has 2 fully saturated rings. The summed E-state index contributed by atoms with van der Waals surface area (Å²) in [5, 5.41) is 3.50. The van der Waals surface area contributed by atoms with Crippen molar-refractivity contribution in [3.05, 3.63) is 0 Å². The molecule has 2 aliphatic rings. The second-order valence-corrected chi connectivity index (χ2v) is 6.41. The van der Waals surface area contributed by atoms with Gasteiger partial charge >= 0.3 is 0 Å². The molecule has 1 aliphatic carbocycles. The Bertz CT molecular complexity index is 404. The van der Waals surface area contributed by atoms with Gasteiger partial charge in [-0.2, -0.15) is 0 Å². The molecule has 0 spiro atoms. The van der Waals surface area contributed by atoms with E-state index >= 15 is 0 Å². The van der Waals surface area contributed by atoms with Crippen molar-refractivity contribution in [2.45, 2.75) is 38.8 Å². The minimum Gasteiger partial charge on any atom is -0.368 e. The molecule has 1 aliphatic heterocycles. The van der Waals surface area contributed by atoms with Crippen LogP contribution in [0.1, 0.15) is 27.2 Å². The first-order valence-corrected chi connectivity index (χ1v) is 7.39. The number of carbonyl (C=O) groups excluding carboxylic acids is 1. The lowest BCUT2D eigenvalue weighted by Gasteiger charge is -2.43. The van der Waals surface area contributed by atoms with Gasteiger partial charge in [-0.05, 0) is 26.2 Å². The number of hydrogen-bond acceptors (Lipinski definition) is 3. The normalized spacial score (nSPS) is 27.0. The zero-order valence-electron chi connectivity index (χ0n) is 13.4. The van der Waals surface area contributed by atoms with Crippen LogP contribution in [-0.2, 0) is 4.79 Å². The molecule has 3 N–H and O–H groups in total. The molecule has 1 saturated carbocycles. The third-order valence-corrected chi connectivity index (χ3v) is 4.61. The van der Waals surface area contributed by atoms with E-state index in [1.165, 1.54) is 6.42 Å². The number of amides is 1. The fraction of sp³-hybridized carbons (Fsp3) is 0.857. The molecule has 7 heteroatoms. The van der Waals surface area contributed by atoms with Crippen LogP contribution in [0.2, 0.25) is 0 Å². The highest BCUT2D eigenvalue weighted by Gasteiger charge is 2.37. The topological polar surface area (TPSA) is 74.0 Å². The van der Waals surface area contributed by atoms with Crippen molar-refractivity contribution in [2.24, 2.45) is 16.6 Å². The van der Waals surface area contributed by atoms with Crippen molar-refractivity contribution in [3.63, 3.8) is 0 Å². The number of hydrogen-bond donors (Lipinski definition) is 2. The van der Waals surface area contributed by atoms with Gasteiger partial charge in [-0.25, -0.2) is 0 Å². The van der Waals surface area contributed by atoms with Gasteiger partial charge in [-0.1, -0.05) is 6.92 Å². The van der Waals surface area contributed by atoms with Crippen molar-refractivity contribution in [1.82, 2.24) is 15.1 Å². The molecule has 21 heavy (non-hydrogen) atoms. The third kappa shape index (κ3) is 4.21. The second-order valence-electron chi connectivity index (χ2n) is 6.41. The Balaban J connectivity index is 0.00000220. The zero-order valence-corrected chi connectivity index (χ0v) is 15.8. The maximum absolute atomic E-state index is 11.5. The van der Waals surface area contributed by atoms with E-state index in [9.17, 15) is 4.79 Å². The van der Waals surface area contributed by atoms with Crippen molar-refractivity contribution >= 4 is 35.8 Å². The Hall–Kier alpha value is -0.570. The lowest BCUT2D eigenvalue weighted by molar-refractivity contribution is -0.129. The van der Waals surface area contributed by atoms with Crippen molar-refractivity contribution in [2.75, 3.05) is 33.2 Å². The van der Waals surface area contributed by atoms with Crippen LogP contribution in [0.5, 0.6) is 0 Å². The highest BCUT2D eigenvalue weighted by atomic mass is 127. The Morgan fingerprint density at radius 1 is 1.29 bits per heavy atom. The number of rotatable bonds is 3. The predicted molar refractivity (Wildman–Crippen MR) is 95.9 cm³/mol. The number of nitrogens with one attached hydrogen (secondary N) is 1. The second kappa shape index (κ2) is 7.13. The molecule has 1 amide bonds. The highest BCUT2D eigenvalue weighted by Crippen LogP contribution is 2.29. The van der Waals surface area contributed by atoms with E-state index in [2.05, 4.69) is 27.0 Å². The third-order valence-electron chi connectivity index (χ3n) is 4.61. The van der Waals surface area contributed by atoms with Gasteiger partial charge in [0.15, 0.2) is 5.96 Å². The minimum atomic E-state index is -0.575. The van der Waals surface area contributed by atoms with E-state index < -0.39 is 5.54 Å². The summed E-state index contributed by atoms with van der Waals surface area (Å²) in [6.07, 6.45) is 1.23. The zero-order chi connectivity index (χ0) is 14.9. The molecule has 0 aromatic rings. The molecule has 6 nitrogen and oxygen atoms in total. The number of halogens is 1. The molecule has 0 bridgehead atoms. The highest BCUT2D eigenvalue weighted by molar-refractivity contribution is 14.0. The number of guanidine groups is 1. The van der Waals surface area contributed by atoms with Gasteiger partial charge in [-0.3, -0.25) is 14.7 Å². The smallest absolute Gasteiger partial charge is 0.237 e. The summed E-state index contributed by atoms with van der Waals surface area (Å²) in [6.45, 7) is 9.44. The minimum absolute atomic E-state index is 0. The van der Waals surface area contributed by atoms with E-state index in [0.717, 1.165) is 38.1 Å². The molecule has 0 aromatic heterocycles. The molecule has 2 atom stereocenters. The average Bonchev–Trinajstić information content (AvgIpc) is 3.11. The van der Waals surface area contributed by atoms with Gasteiger partial charge < -0.3 is 16.0 Å². The number of nitrogens with two attached hydrogens (primary N) is 1. The molecular weight excluding hydrogens is 381 g/mol. The summed E-state index contributed by atoms with van der Waals surface area (Å²) < 4.78 is 0. The SMILES string of the molecule is CN=C(NC1CC1C)N1CCN(C(C)(C)C(N)=O)CC1.I. The maximum atomic E-state index is 11.5. The van der Waals surface area contributed by atoms with Crippen LogP contribution < -0.4 is 11.1 Å². The molecule has 0 radical (unpaired) electrons. The number of aliphatic imine (C=N–C) groups is 1. The Morgan fingerprint density at radius 2 is 1.81 bits per heavy atom. The van der Waals surface area contributed by atoms with E-state index in [1.54, 1.807) is 0 Å². The van der Waals surface area contributed by atoms with Crippen LogP contribution in [0.25, 0.3) is 0 Å². The van der Waals surface area contributed by atoms with E-state index in [-0.39, 0.29) is 29.9 Å². The Labute approximate surface area is 144 Å². The van der Waals surface area contributed by atoms with Gasteiger partial charge in [0.05, 0.1) is 5.54 Å². The average molecular weight is 409 g/mol. The molecule has 0 aromatic carbocycles. The molecule has 1 heterocycles. The summed E-state index contributed by atoms with van der Waals surface area (Å²) in [4.78, 5) is 20.3. The van der Waals surface area contributed by atoms with Gasteiger partial charge in [0, 0.05) is 39.3 Å². The first-order chi connectivity index (χ1) is 9.36. The summed E-state index contributed by atoms with van der Waals surface area (Å²) in [5.41, 5.74) is 4.91. The van der Waals surface area contributed by atoms with Crippen LogP contribution in [-0.4, -0.2) is 66.5 Å². The quantitative estimate of drug-likeness (QED) is 0.404. The molecule has 122 valence electrons. The predicted octanol–water partition coefficient (Wildman–Crippen LogP) is 0.470. The number of nitrogens with zero attached hydrogens (tertiary/aromatic N) is 3. The van der Waals surface area contributed by atoms with Crippen LogP contribution in [0, 0.1) is 5.92 Å². The van der Waals surface area contributed by atoms with Gasteiger partial charge in [-0.15, -0.1) is 24.0 Å². The number of piperazine rings is 1. The van der Waals surface area contributed by atoms with Crippen molar-refractivity contribution in [1.29, 1.82) is 0 Å². The standard InChI is InChI=1S/C14H27N5O.HI/c1-10-9-11(10)17-13(16-4)18-5-7-19(8-6-18)14(2,3)12(15)20;/h10-11H,5-9H2,1-4H3,(H2,15,20)(H,16,17);1H. The van der Waals surface area contributed by atoms with Crippen LogP contribution in [0.4, 0.5) is 0 Å². The maximum Gasteiger partial charge on any atom is 0.237 e. The van der Waals surface area contributed by atoms with E-state index in [1.807, 2.05) is 20.9 Å². The first-order valence-electron chi connectivity index (χ1n) is 7.39. The van der Waals surface area contributed by atoms with Gasteiger partial charge in [0.2, 0.25) is 5.91 Å². The number of carbonyl (C=O) groups is 1. The lowest BCUT2D eigenvalue weighted by atomic mass is 10.0. The lowest BCUT2D eigenvalue weighted by Crippen LogP contribution is -2.61. The van der Waals surface area contributed by atoms with E-state index in [0.29, 0.717) is 6.04 Å². The van der Waals surface area contributed by atoms with Crippen LogP contribution in [0.15, 0.2) is 4.99 Å². The molecule has 2 unspecified atom stereocenters. The monoisotopic (exact) mass is 409 g/mol. The Kier molecular flexibility index (Phi) is 6.27. The van der Waals surface area contributed by atoms with Gasteiger partial charge in [0.1, 0.15) is 0 Å². The van der Waals surface area contributed by atoms with Crippen LogP contribution in [0.3, 0.4) is 0 Å². The van der Waals surface area contributed by atoms with Crippen LogP contribution >= 0.6 is 24.0 Å². The largest absolute Gasteiger partial charge is 0.368 e. The Morgan fingerprint density at radius 3 is 2.19 bits per heavy atom. The summed E-state index contributed by atoms with van der Waals surface area (Å²) in [7, 11) is 1.83. The summed E-state index contributed by atoms with van der Waals surface area (Å²) >= 11 is 0. The summed E-state index contributed by atoms with van der Waals surface area (Å²) in [5.74, 6) is 1.47. The van der Waals surface area contributed by atoms with Crippen molar-refractivity contribution < 1.29 is 4.79 Å². The fourth-order valence-corrected chi connectivity index (χ4v) is 2.62. The molecule has 1 saturated heterocycles.